The number of ether oxygens (including phenoxy) is 2. The molecule has 0 bridgehead atoms. The Kier molecular flexibility index (Phi) is 7.05. The zero-order valence-corrected chi connectivity index (χ0v) is 18.6. The Balaban J connectivity index is 2.18. The number of aryl methyl sites for hydroxylation is 2. The summed E-state index contributed by atoms with van der Waals surface area (Å²) in [6.45, 7) is 4.06. The van der Waals surface area contributed by atoms with Gasteiger partial charge in [-0.1, -0.05) is 0 Å². The van der Waals surface area contributed by atoms with Crippen LogP contribution in [0.3, 0.4) is 0 Å². The molecule has 1 unspecified atom stereocenters. The van der Waals surface area contributed by atoms with E-state index in [-0.39, 0.29) is 29.2 Å². The molecule has 0 radical (unpaired) electrons. The minimum absolute atomic E-state index is 0.172. The van der Waals surface area contributed by atoms with Crippen LogP contribution in [0, 0.1) is 25.2 Å². The number of halogens is 3. The molecule has 1 N–H and O–H groups in total. The number of benzene rings is 1. The van der Waals surface area contributed by atoms with Crippen molar-refractivity contribution in [1.29, 1.82) is 5.26 Å². The summed E-state index contributed by atoms with van der Waals surface area (Å²) < 4.78 is 52.7. The van der Waals surface area contributed by atoms with E-state index in [1.165, 1.54) is 7.11 Å². The van der Waals surface area contributed by atoms with E-state index in [1.54, 1.807) is 19.9 Å². The Labute approximate surface area is 191 Å². The number of rotatable bonds is 7. The largest absolute Gasteiger partial charge is 0.492 e. The third-order valence-corrected chi connectivity index (χ3v) is 4.94. The first-order valence-corrected chi connectivity index (χ1v) is 9.95. The van der Waals surface area contributed by atoms with Gasteiger partial charge in [0.2, 0.25) is 5.75 Å². The van der Waals surface area contributed by atoms with Crippen LogP contribution in [0.5, 0.6) is 17.2 Å². The van der Waals surface area contributed by atoms with E-state index >= 15 is 0 Å². The number of aromatic amines is 1. The lowest BCUT2D eigenvalue weighted by atomic mass is 10.1. The maximum Gasteiger partial charge on any atom is 0.297 e. The van der Waals surface area contributed by atoms with E-state index in [4.69, 9.17) is 9.47 Å². The third-order valence-electron chi connectivity index (χ3n) is 4.94. The van der Waals surface area contributed by atoms with Gasteiger partial charge >= 0.3 is 0 Å². The SMILES string of the molecule is COc1c(C#N)cc(C(F)F)cc1Oc1c(C(C)F)ncn(Cc2c(C)nc(C)[nH]c2=O)c1=O. The average Bonchev–Trinajstić information content (AvgIpc) is 2.77. The zero-order valence-electron chi connectivity index (χ0n) is 18.6. The molecule has 2 aromatic heterocycles. The fourth-order valence-corrected chi connectivity index (χ4v) is 3.31. The quantitative estimate of drug-likeness (QED) is 0.554. The second-order valence-electron chi connectivity index (χ2n) is 7.34. The number of methoxy groups -OCH3 is 1. The first-order chi connectivity index (χ1) is 16.1. The molecule has 2 heterocycles. The second-order valence-corrected chi connectivity index (χ2v) is 7.34. The Morgan fingerprint density at radius 2 is 1.91 bits per heavy atom. The maximum absolute atomic E-state index is 14.3. The van der Waals surface area contributed by atoms with Crippen molar-refractivity contribution >= 4 is 0 Å². The smallest absolute Gasteiger partial charge is 0.297 e. The molecule has 12 heteroatoms. The predicted molar refractivity (Wildman–Crippen MR) is 114 cm³/mol. The van der Waals surface area contributed by atoms with Crippen LogP contribution in [0.4, 0.5) is 13.2 Å². The molecule has 3 rings (SSSR count). The number of nitrogens with one attached hydrogen (secondary N) is 1. The van der Waals surface area contributed by atoms with Crippen LogP contribution in [0.1, 0.15) is 53.4 Å². The summed E-state index contributed by atoms with van der Waals surface area (Å²) in [6.07, 6.45) is -3.66. The number of nitriles is 1. The van der Waals surface area contributed by atoms with Gasteiger partial charge in [-0.2, -0.15) is 5.26 Å². The summed E-state index contributed by atoms with van der Waals surface area (Å²) in [7, 11) is 1.19. The molecule has 1 aromatic carbocycles. The van der Waals surface area contributed by atoms with Crippen LogP contribution in [0.15, 0.2) is 28.0 Å². The van der Waals surface area contributed by atoms with Crippen molar-refractivity contribution < 1.29 is 22.6 Å². The van der Waals surface area contributed by atoms with Crippen molar-refractivity contribution in [3.8, 4) is 23.3 Å². The fraction of sp³-hybridized carbons (Fsp3) is 0.318. The van der Waals surface area contributed by atoms with E-state index < -0.39 is 40.7 Å². The molecule has 0 saturated carbocycles. The van der Waals surface area contributed by atoms with Gasteiger partial charge < -0.3 is 14.5 Å². The van der Waals surface area contributed by atoms with Crippen LogP contribution in [0.25, 0.3) is 0 Å². The Bertz CT molecular complexity index is 1390. The lowest BCUT2D eigenvalue weighted by molar-refractivity contribution is 0.151. The minimum Gasteiger partial charge on any atom is -0.492 e. The molecule has 0 amide bonds. The van der Waals surface area contributed by atoms with Crippen LogP contribution < -0.4 is 20.6 Å². The summed E-state index contributed by atoms with van der Waals surface area (Å²) in [6, 6.07) is 3.55. The lowest BCUT2D eigenvalue weighted by Crippen LogP contribution is -2.28. The number of aromatic nitrogens is 4. The van der Waals surface area contributed by atoms with E-state index in [0.29, 0.717) is 11.5 Å². The third kappa shape index (κ3) is 4.78. The standard InChI is InChI=1S/C22H20F3N5O4/c1-10(23)17-19(34-16-6-13(20(24)25)5-14(7-26)18(16)33-4)22(32)30(9-27-17)8-15-11(2)28-12(3)29-21(15)31/h5-6,9-10,20H,8H2,1-4H3,(H,28,29,31). The summed E-state index contributed by atoms with van der Waals surface area (Å²) in [5, 5.41) is 9.32. The van der Waals surface area contributed by atoms with Gasteiger partial charge in [-0.15, -0.1) is 0 Å². The van der Waals surface area contributed by atoms with Crippen molar-refractivity contribution in [2.75, 3.05) is 7.11 Å². The van der Waals surface area contributed by atoms with Gasteiger partial charge in [-0.25, -0.2) is 23.1 Å². The molecular weight excluding hydrogens is 455 g/mol. The first-order valence-electron chi connectivity index (χ1n) is 9.95. The van der Waals surface area contributed by atoms with Gasteiger partial charge in [-0.3, -0.25) is 14.2 Å². The maximum atomic E-state index is 14.3. The molecule has 0 fully saturated rings. The highest BCUT2D eigenvalue weighted by Gasteiger charge is 2.24. The zero-order chi connectivity index (χ0) is 25.2. The van der Waals surface area contributed by atoms with Gasteiger partial charge in [0.1, 0.15) is 23.8 Å². The summed E-state index contributed by atoms with van der Waals surface area (Å²) in [5.74, 6) is -0.808. The van der Waals surface area contributed by atoms with Gasteiger partial charge in [0.25, 0.3) is 17.5 Å². The molecule has 9 nitrogen and oxygen atoms in total. The molecule has 34 heavy (non-hydrogen) atoms. The highest BCUT2D eigenvalue weighted by molar-refractivity contribution is 5.56. The number of H-pyrrole nitrogens is 1. The second kappa shape index (κ2) is 9.78. The van der Waals surface area contributed by atoms with Gasteiger partial charge in [0.05, 0.1) is 31.1 Å². The molecule has 0 aliphatic rings. The van der Waals surface area contributed by atoms with Crippen molar-refractivity contribution in [1.82, 2.24) is 19.5 Å². The normalized spacial score (nSPS) is 11.9. The molecule has 0 spiro atoms. The first kappa shape index (κ1) is 24.5. The number of hydrogen-bond acceptors (Lipinski definition) is 7. The predicted octanol–water partition coefficient (Wildman–Crippen LogP) is 3.63. The molecule has 3 aromatic rings. The average molecular weight is 475 g/mol. The number of hydrogen-bond donors (Lipinski definition) is 1. The van der Waals surface area contributed by atoms with Crippen LogP contribution >= 0.6 is 0 Å². The fourth-order valence-electron chi connectivity index (χ4n) is 3.31. The highest BCUT2D eigenvalue weighted by Crippen LogP contribution is 2.38. The minimum atomic E-state index is -2.95. The number of alkyl halides is 3. The topological polar surface area (TPSA) is 123 Å². The molecule has 0 aliphatic heterocycles. The van der Waals surface area contributed by atoms with Gasteiger partial charge in [-0.05, 0) is 32.9 Å². The van der Waals surface area contributed by atoms with Gasteiger partial charge in [0.15, 0.2) is 11.5 Å². The number of nitrogens with zero attached hydrogens (tertiary/aromatic N) is 4. The summed E-state index contributed by atoms with van der Waals surface area (Å²) >= 11 is 0. The van der Waals surface area contributed by atoms with E-state index in [2.05, 4.69) is 15.0 Å². The van der Waals surface area contributed by atoms with E-state index in [0.717, 1.165) is 30.0 Å². The van der Waals surface area contributed by atoms with Crippen LogP contribution in [-0.2, 0) is 6.54 Å². The van der Waals surface area contributed by atoms with Crippen LogP contribution in [-0.4, -0.2) is 26.6 Å². The van der Waals surface area contributed by atoms with Gasteiger partial charge in [0, 0.05) is 11.3 Å². The van der Waals surface area contributed by atoms with Crippen molar-refractivity contribution in [2.24, 2.45) is 0 Å². The molecule has 0 aliphatic carbocycles. The molecule has 0 saturated heterocycles. The Morgan fingerprint density at radius 1 is 1.21 bits per heavy atom. The van der Waals surface area contributed by atoms with Crippen molar-refractivity contribution in [2.45, 2.75) is 39.9 Å². The molecule has 1 atom stereocenters. The van der Waals surface area contributed by atoms with Crippen molar-refractivity contribution in [3.05, 3.63) is 73.1 Å². The lowest BCUT2D eigenvalue weighted by Gasteiger charge is -2.17. The highest BCUT2D eigenvalue weighted by atomic mass is 19.3. The van der Waals surface area contributed by atoms with Crippen molar-refractivity contribution in [3.63, 3.8) is 0 Å². The Morgan fingerprint density at radius 3 is 2.47 bits per heavy atom. The van der Waals surface area contributed by atoms with E-state index in [1.807, 2.05) is 0 Å². The molecule has 178 valence electrons. The monoisotopic (exact) mass is 475 g/mol. The van der Waals surface area contributed by atoms with E-state index in [9.17, 15) is 28.0 Å². The molecular formula is C22H20F3N5O4. The summed E-state index contributed by atoms with van der Waals surface area (Å²) in [5.41, 5.74) is -2.00. The van der Waals surface area contributed by atoms with Crippen LogP contribution in [0.2, 0.25) is 0 Å². The summed E-state index contributed by atoms with van der Waals surface area (Å²) in [4.78, 5) is 36.2. The Hall–Kier alpha value is -4.14.